The Bertz CT molecular complexity index is 373. The van der Waals surface area contributed by atoms with Gasteiger partial charge in [0, 0.05) is 15.0 Å². The van der Waals surface area contributed by atoms with Gasteiger partial charge in [0.25, 0.3) is 0 Å². The van der Waals surface area contributed by atoms with Crippen molar-refractivity contribution >= 4 is 27.7 Å². The summed E-state index contributed by atoms with van der Waals surface area (Å²) in [5.74, 6) is 0.957. The van der Waals surface area contributed by atoms with Crippen molar-refractivity contribution in [3.8, 4) is 0 Å². The lowest BCUT2D eigenvalue weighted by atomic mass is 9.98. The molecule has 0 saturated heterocycles. The fourth-order valence-electron chi connectivity index (χ4n) is 3.31. The molecule has 0 spiro atoms. The van der Waals surface area contributed by atoms with E-state index in [0.717, 1.165) is 16.0 Å². The first kappa shape index (κ1) is 13.1. The molecule has 1 aromatic carbocycles. The van der Waals surface area contributed by atoms with Crippen molar-refractivity contribution in [2.45, 2.75) is 59.9 Å². The van der Waals surface area contributed by atoms with E-state index in [0.29, 0.717) is 0 Å². The molecule has 0 bridgehead atoms. The summed E-state index contributed by atoms with van der Waals surface area (Å²) in [4.78, 5) is 2.29. The molecule has 0 amide bonds. The third-order valence-corrected chi connectivity index (χ3v) is 6.98. The molecule has 3 rings (SSSR count). The van der Waals surface area contributed by atoms with Gasteiger partial charge in [0.15, 0.2) is 0 Å². The van der Waals surface area contributed by atoms with Gasteiger partial charge in [0.1, 0.15) is 0 Å². The minimum absolute atomic E-state index is 0.768. The van der Waals surface area contributed by atoms with Crippen molar-refractivity contribution in [2.24, 2.45) is 5.92 Å². The lowest BCUT2D eigenvalue weighted by Gasteiger charge is -2.18. The first-order valence-corrected chi connectivity index (χ1v) is 9.01. The number of alkyl halides is 1. The van der Waals surface area contributed by atoms with Crippen LogP contribution in [-0.2, 0) is 6.42 Å². The summed E-state index contributed by atoms with van der Waals surface area (Å²) in [6.45, 7) is 0. The third-order valence-electron chi connectivity index (χ3n) is 4.39. The average Bonchev–Trinajstić information content (AvgIpc) is 3.04. The monoisotopic (exact) mass is 324 g/mol. The summed E-state index contributed by atoms with van der Waals surface area (Å²) in [5.41, 5.74) is 1.57. The van der Waals surface area contributed by atoms with Gasteiger partial charge in [-0.2, -0.15) is 0 Å². The molecule has 18 heavy (non-hydrogen) atoms. The molecule has 1 aliphatic heterocycles. The van der Waals surface area contributed by atoms with Gasteiger partial charge in [-0.05, 0) is 49.7 Å². The van der Waals surface area contributed by atoms with Crippen molar-refractivity contribution in [2.75, 3.05) is 0 Å². The molecule has 2 aliphatic rings. The Labute approximate surface area is 123 Å². The van der Waals surface area contributed by atoms with Gasteiger partial charge in [0.2, 0.25) is 0 Å². The van der Waals surface area contributed by atoms with Gasteiger partial charge in [-0.3, -0.25) is 0 Å². The van der Waals surface area contributed by atoms with Gasteiger partial charge in [0.05, 0.1) is 0 Å². The molecule has 0 radical (unpaired) electrons. The van der Waals surface area contributed by atoms with E-state index >= 15 is 0 Å². The molecule has 2 unspecified atom stereocenters. The standard InChI is InChI=1S/C16H21BrS/c17-15(12-5-1-2-6-12)10-9-14-11-13-7-3-4-8-16(13)18-14/h3-4,7-8,12,14-15H,1-2,5-6,9-11H2. The maximum Gasteiger partial charge on any atom is 0.0174 e. The van der Waals surface area contributed by atoms with Crippen molar-refractivity contribution < 1.29 is 0 Å². The summed E-state index contributed by atoms with van der Waals surface area (Å²) < 4.78 is 0. The van der Waals surface area contributed by atoms with E-state index in [-0.39, 0.29) is 0 Å². The minimum Gasteiger partial charge on any atom is -0.122 e. The summed E-state index contributed by atoms with van der Waals surface area (Å²) in [5, 5.41) is 0.823. The lowest BCUT2D eigenvalue weighted by molar-refractivity contribution is 0.492. The minimum atomic E-state index is 0.768. The molecular formula is C16H21BrS. The zero-order chi connectivity index (χ0) is 12.4. The zero-order valence-electron chi connectivity index (χ0n) is 10.8. The van der Waals surface area contributed by atoms with Crippen LogP contribution in [0, 0.1) is 5.92 Å². The van der Waals surface area contributed by atoms with Crippen molar-refractivity contribution in [1.29, 1.82) is 0 Å². The van der Waals surface area contributed by atoms with Crippen LogP contribution in [-0.4, -0.2) is 10.1 Å². The molecule has 0 N–H and O–H groups in total. The van der Waals surface area contributed by atoms with Crippen molar-refractivity contribution in [3.05, 3.63) is 29.8 Å². The molecule has 1 aliphatic carbocycles. The topological polar surface area (TPSA) is 0 Å². The maximum atomic E-state index is 3.94. The fraction of sp³-hybridized carbons (Fsp3) is 0.625. The SMILES string of the molecule is BrC(CCC1Cc2ccccc2S1)C1CCCC1. The Morgan fingerprint density at radius 3 is 2.78 bits per heavy atom. The van der Waals surface area contributed by atoms with Crippen LogP contribution in [0.3, 0.4) is 0 Å². The number of thioether (sulfide) groups is 1. The molecule has 2 atom stereocenters. The van der Waals surface area contributed by atoms with Gasteiger partial charge in [-0.15, -0.1) is 11.8 Å². The summed E-state index contributed by atoms with van der Waals surface area (Å²) >= 11 is 6.04. The van der Waals surface area contributed by atoms with Crippen molar-refractivity contribution in [1.82, 2.24) is 0 Å². The highest BCUT2D eigenvalue weighted by Gasteiger charge is 2.26. The lowest BCUT2D eigenvalue weighted by Crippen LogP contribution is -2.13. The van der Waals surface area contributed by atoms with Gasteiger partial charge >= 0.3 is 0 Å². The molecule has 1 heterocycles. The first-order valence-electron chi connectivity index (χ1n) is 7.21. The maximum absolute atomic E-state index is 3.94. The predicted molar refractivity (Wildman–Crippen MR) is 83.7 cm³/mol. The van der Waals surface area contributed by atoms with E-state index in [2.05, 4.69) is 52.0 Å². The van der Waals surface area contributed by atoms with Gasteiger partial charge in [-0.25, -0.2) is 0 Å². The second-order valence-corrected chi connectivity index (χ2v) is 8.21. The Morgan fingerprint density at radius 1 is 1.22 bits per heavy atom. The zero-order valence-corrected chi connectivity index (χ0v) is 13.2. The van der Waals surface area contributed by atoms with Gasteiger partial charge < -0.3 is 0 Å². The molecule has 1 fully saturated rings. The van der Waals surface area contributed by atoms with Crippen LogP contribution in [0.4, 0.5) is 0 Å². The average molecular weight is 325 g/mol. The Balaban J connectivity index is 1.48. The highest BCUT2D eigenvalue weighted by Crippen LogP contribution is 2.40. The number of hydrogen-bond donors (Lipinski definition) is 0. The molecule has 2 heteroatoms. The fourth-order valence-corrected chi connectivity index (χ4v) is 5.44. The van der Waals surface area contributed by atoms with E-state index in [1.165, 1.54) is 49.8 Å². The second-order valence-electron chi connectivity index (χ2n) is 5.69. The third kappa shape index (κ3) is 2.96. The largest absolute Gasteiger partial charge is 0.122 e. The number of rotatable bonds is 4. The predicted octanol–water partition coefficient (Wildman–Crippen LogP) is 5.44. The summed E-state index contributed by atoms with van der Waals surface area (Å²) in [6, 6.07) is 8.92. The highest BCUT2D eigenvalue weighted by atomic mass is 79.9. The second kappa shape index (κ2) is 6.00. The van der Waals surface area contributed by atoms with E-state index in [1.807, 2.05) is 0 Å². The smallest absolute Gasteiger partial charge is 0.0174 e. The van der Waals surface area contributed by atoms with E-state index in [4.69, 9.17) is 0 Å². The summed E-state index contributed by atoms with van der Waals surface area (Å²) in [6.07, 6.45) is 9.82. The van der Waals surface area contributed by atoms with Crippen LogP contribution >= 0.6 is 27.7 Å². The Hall–Kier alpha value is 0.0500. The number of hydrogen-bond acceptors (Lipinski definition) is 1. The number of halogens is 1. The Kier molecular flexibility index (Phi) is 4.35. The number of benzene rings is 1. The molecule has 1 aromatic rings. The van der Waals surface area contributed by atoms with Crippen molar-refractivity contribution in [3.63, 3.8) is 0 Å². The molecule has 98 valence electrons. The highest BCUT2D eigenvalue weighted by molar-refractivity contribution is 9.09. The molecule has 1 saturated carbocycles. The van der Waals surface area contributed by atoms with Crippen LogP contribution in [0.5, 0.6) is 0 Å². The summed E-state index contributed by atoms with van der Waals surface area (Å²) in [7, 11) is 0. The molecule has 0 nitrogen and oxygen atoms in total. The van der Waals surface area contributed by atoms with Crippen LogP contribution < -0.4 is 0 Å². The quantitative estimate of drug-likeness (QED) is 0.665. The van der Waals surface area contributed by atoms with Gasteiger partial charge in [-0.1, -0.05) is 47.0 Å². The van der Waals surface area contributed by atoms with E-state index < -0.39 is 0 Å². The molecular weight excluding hydrogens is 304 g/mol. The van der Waals surface area contributed by atoms with Crippen LogP contribution in [0.25, 0.3) is 0 Å². The number of fused-ring (bicyclic) bond motifs is 1. The van der Waals surface area contributed by atoms with Crippen LogP contribution in [0.15, 0.2) is 29.2 Å². The normalized spacial score (nSPS) is 25.3. The molecule has 0 aromatic heterocycles. The first-order chi connectivity index (χ1) is 8.83. The van der Waals surface area contributed by atoms with E-state index in [9.17, 15) is 0 Å². The van der Waals surface area contributed by atoms with E-state index in [1.54, 1.807) is 5.56 Å². The van der Waals surface area contributed by atoms with Crippen LogP contribution in [0.1, 0.15) is 44.1 Å². The van der Waals surface area contributed by atoms with Crippen LogP contribution in [0.2, 0.25) is 0 Å². The Morgan fingerprint density at radius 2 is 2.00 bits per heavy atom.